The predicted molar refractivity (Wildman–Crippen MR) is 56.7 cm³/mol. The summed E-state index contributed by atoms with van der Waals surface area (Å²) in [5.74, 6) is 0. The van der Waals surface area contributed by atoms with E-state index < -0.39 is 30.5 Å². The Morgan fingerprint density at radius 2 is 1.40 bits per heavy atom. The van der Waals surface area contributed by atoms with Gasteiger partial charge in [0.25, 0.3) is 0 Å². The summed E-state index contributed by atoms with van der Waals surface area (Å²) >= 11 is 0. The molecule has 1 rings (SSSR count). The smallest absolute Gasteiger partial charge is 0.388 e. The van der Waals surface area contributed by atoms with Gasteiger partial charge in [0, 0.05) is 6.42 Å². The van der Waals surface area contributed by atoms with Crippen LogP contribution in [0.15, 0.2) is 24.3 Å². The predicted octanol–water partition coefficient (Wildman–Crippen LogP) is 4.25. The van der Waals surface area contributed by atoms with Crippen molar-refractivity contribution in [3.63, 3.8) is 0 Å². The van der Waals surface area contributed by atoms with E-state index in [0.717, 1.165) is 6.07 Å². The summed E-state index contributed by atoms with van der Waals surface area (Å²) in [7, 11) is 0. The normalized spacial score (nSPS) is 15.2. The molecule has 20 heavy (non-hydrogen) atoms. The summed E-state index contributed by atoms with van der Waals surface area (Å²) in [6.45, 7) is 1.39. The molecule has 0 fully saturated rings. The Labute approximate surface area is 110 Å². The van der Waals surface area contributed by atoms with E-state index in [0.29, 0.717) is 0 Å². The molecular weight excluding hydrogens is 293 g/mol. The monoisotopic (exact) mass is 304 g/mol. The maximum absolute atomic E-state index is 13.5. The maximum atomic E-state index is 13.5. The Bertz CT molecular complexity index is 450. The molecule has 8 heteroatoms. The van der Waals surface area contributed by atoms with Crippen LogP contribution in [-0.4, -0.2) is 23.1 Å². The van der Waals surface area contributed by atoms with Gasteiger partial charge in [0.2, 0.25) is 0 Å². The molecule has 114 valence electrons. The fraction of sp³-hybridized carbons (Fsp3) is 0.500. The number of aliphatic hydroxyl groups is 1. The van der Waals surface area contributed by atoms with Crippen molar-refractivity contribution in [1.29, 1.82) is 0 Å². The third-order valence-corrected chi connectivity index (χ3v) is 2.92. The minimum Gasteiger partial charge on any atom is -0.388 e. The highest BCUT2D eigenvalue weighted by atomic mass is 19.4. The highest BCUT2D eigenvalue weighted by molar-refractivity contribution is 5.28. The molecule has 1 nitrogen and oxygen atoms in total. The van der Waals surface area contributed by atoms with Crippen LogP contribution in [-0.2, 0) is 0 Å². The number of aliphatic hydroxyl groups excluding tert-OH is 1. The standard InChI is InChI=1S/C12H11F7O/c1-7-4-2-3-5-8(7)9(20)6-10(13,11(14,15)16)12(17,18)19/h2-5,9,20H,6H2,1H3. The molecule has 1 atom stereocenters. The van der Waals surface area contributed by atoms with Crippen LogP contribution < -0.4 is 0 Å². The molecule has 0 aliphatic rings. The van der Waals surface area contributed by atoms with Gasteiger partial charge in [-0.1, -0.05) is 24.3 Å². The second-order valence-electron chi connectivity index (χ2n) is 4.37. The Morgan fingerprint density at radius 1 is 0.950 bits per heavy atom. The minimum atomic E-state index is -6.16. The number of hydrogen-bond donors (Lipinski definition) is 1. The zero-order valence-corrected chi connectivity index (χ0v) is 10.2. The van der Waals surface area contributed by atoms with Crippen molar-refractivity contribution in [2.45, 2.75) is 37.5 Å². The van der Waals surface area contributed by atoms with Crippen LogP contribution in [0.1, 0.15) is 23.7 Å². The van der Waals surface area contributed by atoms with Gasteiger partial charge in [0.05, 0.1) is 6.10 Å². The topological polar surface area (TPSA) is 20.2 Å². The van der Waals surface area contributed by atoms with Crippen molar-refractivity contribution >= 4 is 0 Å². The van der Waals surface area contributed by atoms with Gasteiger partial charge >= 0.3 is 18.0 Å². The number of aryl methyl sites for hydroxylation is 1. The van der Waals surface area contributed by atoms with Crippen molar-refractivity contribution in [1.82, 2.24) is 0 Å². The van der Waals surface area contributed by atoms with Gasteiger partial charge in [-0.05, 0) is 18.1 Å². The molecule has 1 unspecified atom stereocenters. The molecule has 0 bridgehead atoms. The van der Waals surface area contributed by atoms with Gasteiger partial charge in [0.15, 0.2) is 0 Å². The molecule has 0 amide bonds. The fourth-order valence-corrected chi connectivity index (χ4v) is 1.73. The first-order valence-corrected chi connectivity index (χ1v) is 5.46. The zero-order chi connectivity index (χ0) is 15.8. The third-order valence-electron chi connectivity index (χ3n) is 2.92. The van der Waals surface area contributed by atoms with Crippen molar-refractivity contribution in [3.8, 4) is 0 Å². The summed E-state index contributed by atoms with van der Waals surface area (Å²) in [6.07, 6.45) is -16.7. The fourth-order valence-electron chi connectivity index (χ4n) is 1.73. The Hall–Kier alpha value is -1.31. The first kappa shape index (κ1) is 16.7. The van der Waals surface area contributed by atoms with E-state index in [-0.39, 0.29) is 11.1 Å². The van der Waals surface area contributed by atoms with Gasteiger partial charge in [-0.2, -0.15) is 26.3 Å². The van der Waals surface area contributed by atoms with Crippen molar-refractivity contribution in [2.75, 3.05) is 0 Å². The SMILES string of the molecule is Cc1ccccc1C(O)CC(F)(C(F)(F)F)C(F)(F)F. The van der Waals surface area contributed by atoms with E-state index in [9.17, 15) is 35.8 Å². The molecule has 0 aliphatic carbocycles. The first-order chi connectivity index (χ1) is 8.90. The number of rotatable bonds is 3. The minimum absolute atomic E-state index is 0.178. The summed E-state index contributed by atoms with van der Waals surface area (Å²) < 4.78 is 87.7. The van der Waals surface area contributed by atoms with E-state index in [4.69, 9.17) is 0 Å². The molecule has 0 saturated heterocycles. The average molecular weight is 304 g/mol. The molecule has 0 radical (unpaired) electrons. The molecule has 0 aliphatic heterocycles. The largest absolute Gasteiger partial charge is 0.431 e. The van der Waals surface area contributed by atoms with Crippen molar-refractivity contribution < 1.29 is 35.8 Å². The molecule has 1 aromatic carbocycles. The van der Waals surface area contributed by atoms with Gasteiger partial charge in [-0.15, -0.1) is 0 Å². The molecule has 0 saturated carbocycles. The lowest BCUT2D eigenvalue weighted by molar-refractivity contribution is -0.347. The van der Waals surface area contributed by atoms with Crippen LogP contribution in [0, 0.1) is 6.92 Å². The number of benzene rings is 1. The highest BCUT2D eigenvalue weighted by Crippen LogP contribution is 2.50. The van der Waals surface area contributed by atoms with E-state index >= 15 is 0 Å². The third kappa shape index (κ3) is 3.05. The van der Waals surface area contributed by atoms with Crippen LogP contribution in [0.4, 0.5) is 30.7 Å². The second kappa shape index (κ2) is 5.23. The number of halogens is 7. The highest BCUT2D eigenvalue weighted by Gasteiger charge is 2.72. The van der Waals surface area contributed by atoms with Crippen LogP contribution in [0.5, 0.6) is 0 Å². The van der Waals surface area contributed by atoms with Gasteiger partial charge < -0.3 is 5.11 Å². The van der Waals surface area contributed by atoms with Crippen LogP contribution in [0.25, 0.3) is 0 Å². The molecule has 1 N–H and O–H groups in total. The van der Waals surface area contributed by atoms with E-state index in [1.807, 2.05) is 0 Å². The van der Waals surface area contributed by atoms with E-state index in [1.165, 1.54) is 25.1 Å². The Morgan fingerprint density at radius 3 is 1.80 bits per heavy atom. The molecule has 1 aromatic rings. The lowest BCUT2D eigenvalue weighted by atomic mass is 9.91. The number of hydrogen-bond acceptors (Lipinski definition) is 1. The Kier molecular flexibility index (Phi) is 4.38. The molecule has 0 heterocycles. The van der Waals surface area contributed by atoms with Crippen LogP contribution in [0.3, 0.4) is 0 Å². The van der Waals surface area contributed by atoms with Crippen LogP contribution >= 0.6 is 0 Å². The summed E-state index contributed by atoms with van der Waals surface area (Å²) in [5, 5.41) is 9.52. The number of alkyl halides is 7. The van der Waals surface area contributed by atoms with E-state index in [1.54, 1.807) is 0 Å². The molecule has 0 spiro atoms. The lowest BCUT2D eigenvalue weighted by Gasteiger charge is -2.31. The summed E-state index contributed by atoms with van der Waals surface area (Å²) in [6, 6.07) is 5.35. The van der Waals surface area contributed by atoms with Crippen molar-refractivity contribution in [3.05, 3.63) is 35.4 Å². The first-order valence-electron chi connectivity index (χ1n) is 5.46. The van der Waals surface area contributed by atoms with Gasteiger partial charge in [-0.25, -0.2) is 4.39 Å². The van der Waals surface area contributed by atoms with E-state index in [2.05, 4.69) is 0 Å². The van der Waals surface area contributed by atoms with Crippen LogP contribution in [0.2, 0.25) is 0 Å². The van der Waals surface area contributed by atoms with Gasteiger partial charge in [-0.3, -0.25) is 0 Å². The Balaban J connectivity index is 3.13. The summed E-state index contributed by atoms with van der Waals surface area (Å²) in [4.78, 5) is 0. The van der Waals surface area contributed by atoms with Crippen molar-refractivity contribution in [2.24, 2.45) is 0 Å². The molecule has 0 aromatic heterocycles. The maximum Gasteiger partial charge on any atom is 0.431 e. The quantitative estimate of drug-likeness (QED) is 0.828. The molecular formula is C12H11F7O. The lowest BCUT2D eigenvalue weighted by Crippen LogP contribution is -2.54. The second-order valence-corrected chi connectivity index (χ2v) is 4.37. The summed E-state index contributed by atoms with van der Waals surface area (Å²) in [5.41, 5.74) is -5.36. The van der Waals surface area contributed by atoms with Gasteiger partial charge in [0.1, 0.15) is 0 Å². The average Bonchev–Trinajstić information content (AvgIpc) is 2.26. The zero-order valence-electron chi connectivity index (χ0n) is 10.2.